The minimum atomic E-state index is -0.282. The van der Waals surface area contributed by atoms with Gasteiger partial charge in [0.25, 0.3) is 0 Å². The van der Waals surface area contributed by atoms with Gasteiger partial charge in [-0.1, -0.05) is 12.1 Å². The molecule has 140 valence electrons. The lowest BCUT2D eigenvalue weighted by molar-refractivity contribution is -0.136. The van der Waals surface area contributed by atoms with Gasteiger partial charge in [0.05, 0.1) is 12.8 Å². The summed E-state index contributed by atoms with van der Waals surface area (Å²) in [6, 6.07) is 9.39. The number of amides is 1. The number of ether oxygens (including phenoxy) is 2. The lowest BCUT2D eigenvalue weighted by Gasteiger charge is -2.34. The second kappa shape index (κ2) is 7.81. The van der Waals surface area contributed by atoms with Gasteiger partial charge in [-0.2, -0.15) is 5.10 Å². The van der Waals surface area contributed by atoms with E-state index in [9.17, 15) is 4.79 Å². The van der Waals surface area contributed by atoms with Crippen molar-refractivity contribution in [2.75, 3.05) is 20.2 Å². The molecule has 3 rings (SSSR count). The molecule has 1 aliphatic heterocycles. The zero-order valence-electron chi connectivity index (χ0n) is 15.9. The third kappa shape index (κ3) is 3.84. The van der Waals surface area contributed by atoms with Crippen LogP contribution in [-0.4, -0.2) is 46.9 Å². The van der Waals surface area contributed by atoms with Crippen molar-refractivity contribution in [1.82, 2.24) is 14.7 Å². The Bertz CT molecular complexity index is 763. The van der Waals surface area contributed by atoms with Crippen LogP contribution >= 0.6 is 0 Å². The Morgan fingerprint density at radius 1 is 1.19 bits per heavy atom. The van der Waals surface area contributed by atoms with Gasteiger partial charge >= 0.3 is 0 Å². The fourth-order valence-corrected chi connectivity index (χ4v) is 3.50. The van der Waals surface area contributed by atoms with Crippen LogP contribution in [0.3, 0.4) is 0 Å². The summed E-state index contributed by atoms with van der Waals surface area (Å²) in [5.41, 5.74) is 1.95. The number of aromatic nitrogens is 2. The molecule has 6 heteroatoms. The minimum Gasteiger partial charge on any atom is -0.493 e. The number of likely N-dealkylation sites (tertiary alicyclic amines) is 1. The van der Waals surface area contributed by atoms with Crippen molar-refractivity contribution in [2.24, 2.45) is 0 Å². The van der Waals surface area contributed by atoms with Crippen molar-refractivity contribution in [3.8, 4) is 11.5 Å². The average molecular weight is 357 g/mol. The molecule has 2 heterocycles. The highest BCUT2D eigenvalue weighted by molar-refractivity contribution is 5.80. The first-order chi connectivity index (χ1) is 12.5. The zero-order valence-corrected chi connectivity index (χ0v) is 15.9. The van der Waals surface area contributed by atoms with Crippen LogP contribution in [0.2, 0.25) is 0 Å². The molecular formula is C20H27N3O3. The Labute approximate surface area is 154 Å². The van der Waals surface area contributed by atoms with Gasteiger partial charge in [-0.25, -0.2) is 0 Å². The van der Waals surface area contributed by atoms with E-state index in [4.69, 9.17) is 9.47 Å². The first kappa shape index (κ1) is 18.3. The van der Waals surface area contributed by atoms with Crippen molar-refractivity contribution in [1.29, 1.82) is 0 Å². The van der Waals surface area contributed by atoms with E-state index >= 15 is 0 Å². The second-order valence-electron chi connectivity index (χ2n) is 6.84. The van der Waals surface area contributed by atoms with Gasteiger partial charge in [-0.15, -0.1) is 0 Å². The highest BCUT2D eigenvalue weighted by Gasteiger charge is 2.29. The van der Waals surface area contributed by atoms with Crippen LogP contribution < -0.4 is 9.47 Å². The molecule has 1 amide bonds. The van der Waals surface area contributed by atoms with Crippen molar-refractivity contribution >= 4 is 5.91 Å². The molecular weight excluding hydrogens is 330 g/mol. The maximum Gasteiger partial charge on any atom is 0.247 e. The quantitative estimate of drug-likeness (QED) is 0.825. The smallest absolute Gasteiger partial charge is 0.247 e. The SMILES string of the molecule is COc1ccccc1OC1CCN(C(=O)C(C)n2nc(C)cc2C)CC1. The third-order valence-electron chi connectivity index (χ3n) is 4.89. The molecule has 0 radical (unpaired) electrons. The number of piperidine rings is 1. The molecule has 2 aromatic rings. The van der Waals surface area contributed by atoms with Crippen LogP contribution in [-0.2, 0) is 4.79 Å². The van der Waals surface area contributed by atoms with Gasteiger partial charge in [0, 0.05) is 31.6 Å². The molecule has 1 aromatic carbocycles. The lowest BCUT2D eigenvalue weighted by Crippen LogP contribution is -2.44. The topological polar surface area (TPSA) is 56.6 Å². The summed E-state index contributed by atoms with van der Waals surface area (Å²) in [5, 5.41) is 4.45. The first-order valence-corrected chi connectivity index (χ1v) is 9.11. The standard InChI is InChI=1S/C20H27N3O3/c1-14-13-15(2)23(21-14)16(3)20(24)22-11-9-17(10-12-22)26-19-8-6-5-7-18(19)25-4/h5-8,13,16-17H,9-12H2,1-4H3. The molecule has 1 aromatic heterocycles. The predicted molar refractivity (Wildman–Crippen MR) is 99.6 cm³/mol. The monoisotopic (exact) mass is 357 g/mol. The van der Waals surface area contributed by atoms with Gasteiger partial charge in [0.15, 0.2) is 11.5 Å². The van der Waals surface area contributed by atoms with E-state index in [-0.39, 0.29) is 18.1 Å². The van der Waals surface area contributed by atoms with Gasteiger partial charge in [-0.05, 0) is 39.0 Å². The number of hydrogen-bond donors (Lipinski definition) is 0. The number of para-hydroxylation sites is 2. The van der Waals surface area contributed by atoms with Crippen molar-refractivity contribution < 1.29 is 14.3 Å². The summed E-state index contributed by atoms with van der Waals surface area (Å²) in [6.07, 6.45) is 1.72. The number of hydrogen-bond acceptors (Lipinski definition) is 4. The molecule has 0 N–H and O–H groups in total. The number of nitrogens with zero attached hydrogens (tertiary/aromatic N) is 3. The first-order valence-electron chi connectivity index (χ1n) is 9.11. The van der Waals surface area contributed by atoms with Crippen LogP contribution in [0.5, 0.6) is 11.5 Å². The van der Waals surface area contributed by atoms with Crippen molar-refractivity contribution in [3.63, 3.8) is 0 Å². The largest absolute Gasteiger partial charge is 0.493 e. The highest BCUT2D eigenvalue weighted by atomic mass is 16.5. The van der Waals surface area contributed by atoms with Crippen LogP contribution in [0.25, 0.3) is 0 Å². The van der Waals surface area contributed by atoms with Crippen molar-refractivity contribution in [3.05, 3.63) is 41.7 Å². The predicted octanol–water partition coefficient (Wildman–Crippen LogP) is 3.14. The molecule has 0 spiro atoms. The van der Waals surface area contributed by atoms with E-state index in [1.807, 2.05) is 60.7 Å². The van der Waals surface area contributed by atoms with Crippen LogP contribution in [0.15, 0.2) is 30.3 Å². The zero-order chi connectivity index (χ0) is 18.7. The van der Waals surface area contributed by atoms with E-state index in [2.05, 4.69) is 5.10 Å². The highest BCUT2D eigenvalue weighted by Crippen LogP contribution is 2.29. The van der Waals surface area contributed by atoms with E-state index in [0.717, 1.165) is 35.7 Å². The number of aryl methyl sites for hydroxylation is 2. The van der Waals surface area contributed by atoms with E-state index in [1.165, 1.54) is 0 Å². The number of benzene rings is 1. The molecule has 0 aliphatic carbocycles. The molecule has 6 nitrogen and oxygen atoms in total. The number of carbonyl (C=O) groups is 1. The van der Waals surface area contributed by atoms with Gasteiger partial charge in [0.1, 0.15) is 12.1 Å². The van der Waals surface area contributed by atoms with Gasteiger partial charge in [0.2, 0.25) is 5.91 Å². The third-order valence-corrected chi connectivity index (χ3v) is 4.89. The average Bonchev–Trinajstić information content (AvgIpc) is 2.99. The summed E-state index contributed by atoms with van der Waals surface area (Å²) >= 11 is 0. The maximum absolute atomic E-state index is 12.8. The Hall–Kier alpha value is -2.50. The molecule has 1 saturated heterocycles. The summed E-state index contributed by atoms with van der Waals surface area (Å²) in [5.74, 6) is 1.62. The van der Waals surface area contributed by atoms with Crippen LogP contribution in [0.4, 0.5) is 0 Å². The molecule has 1 unspecified atom stereocenters. The second-order valence-corrected chi connectivity index (χ2v) is 6.84. The van der Waals surface area contributed by atoms with Crippen LogP contribution in [0.1, 0.15) is 37.2 Å². The fraction of sp³-hybridized carbons (Fsp3) is 0.500. The Balaban J connectivity index is 1.58. The number of carbonyl (C=O) groups excluding carboxylic acids is 1. The minimum absolute atomic E-state index is 0.0966. The molecule has 1 aliphatic rings. The number of rotatable bonds is 5. The fourth-order valence-electron chi connectivity index (χ4n) is 3.50. The van der Waals surface area contributed by atoms with E-state index in [0.29, 0.717) is 13.1 Å². The molecule has 0 bridgehead atoms. The van der Waals surface area contributed by atoms with Crippen LogP contribution in [0, 0.1) is 13.8 Å². The summed E-state index contributed by atoms with van der Waals surface area (Å²) in [7, 11) is 1.64. The number of methoxy groups -OCH3 is 1. The van der Waals surface area contributed by atoms with E-state index < -0.39 is 0 Å². The van der Waals surface area contributed by atoms with Crippen molar-refractivity contribution in [2.45, 2.75) is 45.8 Å². The Morgan fingerprint density at radius 2 is 1.85 bits per heavy atom. The lowest BCUT2D eigenvalue weighted by atomic mass is 10.1. The van der Waals surface area contributed by atoms with E-state index in [1.54, 1.807) is 7.11 Å². The molecule has 1 atom stereocenters. The summed E-state index contributed by atoms with van der Waals surface area (Å²) in [4.78, 5) is 14.7. The Morgan fingerprint density at radius 3 is 2.42 bits per heavy atom. The molecule has 0 saturated carbocycles. The molecule has 1 fully saturated rings. The van der Waals surface area contributed by atoms with Gasteiger partial charge in [-0.3, -0.25) is 9.48 Å². The Kier molecular flexibility index (Phi) is 5.49. The molecule has 26 heavy (non-hydrogen) atoms. The van der Waals surface area contributed by atoms with Gasteiger partial charge < -0.3 is 14.4 Å². The maximum atomic E-state index is 12.8. The normalized spacial score (nSPS) is 16.4. The summed E-state index contributed by atoms with van der Waals surface area (Å²) < 4.78 is 13.2. The summed E-state index contributed by atoms with van der Waals surface area (Å²) in [6.45, 7) is 7.24.